The van der Waals surface area contributed by atoms with Crippen molar-refractivity contribution < 1.29 is 9.59 Å². The maximum atomic E-state index is 13.1. The first-order chi connectivity index (χ1) is 14.0. The average Bonchev–Trinajstić information content (AvgIpc) is 3.37. The third kappa shape index (κ3) is 4.32. The fraction of sp³-hybridized carbons (Fsp3) is 0.0952. The lowest BCUT2D eigenvalue weighted by atomic mass is 10.1. The molecule has 0 saturated carbocycles. The lowest BCUT2D eigenvalue weighted by molar-refractivity contribution is 0.0786. The minimum atomic E-state index is -0.273. The van der Waals surface area contributed by atoms with Crippen LogP contribution in [0.4, 0.5) is 5.69 Å². The van der Waals surface area contributed by atoms with Crippen molar-refractivity contribution in [2.24, 2.45) is 0 Å². The number of fused-ring (bicyclic) bond motifs is 1. The number of aromatic nitrogens is 1. The van der Waals surface area contributed by atoms with E-state index in [1.165, 1.54) is 11.3 Å². The van der Waals surface area contributed by atoms with Crippen LogP contribution in [-0.4, -0.2) is 28.7 Å². The fourth-order valence-corrected chi connectivity index (χ4v) is 4.68. The van der Waals surface area contributed by atoms with Crippen LogP contribution >= 0.6 is 34.3 Å². The van der Waals surface area contributed by atoms with Crippen LogP contribution in [0.2, 0.25) is 5.02 Å². The zero-order valence-corrected chi connectivity index (χ0v) is 17.8. The van der Waals surface area contributed by atoms with Crippen LogP contribution in [0.3, 0.4) is 0 Å². The van der Waals surface area contributed by atoms with E-state index in [0.29, 0.717) is 27.7 Å². The van der Waals surface area contributed by atoms with E-state index in [1.807, 2.05) is 29.6 Å². The number of nitrogens with one attached hydrogen (secondary N) is 1. The molecule has 5 nitrogen and oxygen atoms in total. The third-order valence-corrected chi connectivity index (χ3v) is 6.39. The summed E-state index contributed by atoms with van der Waals surface area (Å²) in [7, 11) is 1.72. The Morgan fingerprint density at radius 1 is 1.14 bits per heavy atom. The van der Waals surface area contributed by atoms with Gasteiger partial charge < -0.3 is 10.2 Å². The zero-order chi connectivity index (χ0) is 20.4. The second-order valence-electron chi connectivity index (χ2n) is 6.36. The molecule has 0 spiro atoms. The highest BCUT2D eigenvalue weighted by Crippen LogP contribution is 2.26. The van der Waals surface area contributed by atoms with Gasteiger partial charge in [0.2, 0.25) is 0 Å². The Labute approximate surface area is 180 Å². The van der Waals surface area contributed by atoms with Crippen LogP contribution in [0.15, 0.2) is 60.0 Å². The Hall–Kier alpha value is -2.74. The number of amides is 2. The predicted octanol–water partition coefficient (Wildman–Crippen LogP) is 5.54. The Bertz CT molecular complexity index is 1150. The Kier molecular flexibility index (Phi) is 5.62. The molecule has 0 radical (unpaired) electrons. The van der Waals surface area contributed by atoms with Gasteiger partial charge in [-0.3, -0.25) is 9.59 Å². The number of halogens is 1. The largest absolute Gasteiger partial charge is 0.335 e. The molecule has 0 fully saturated rings. The van der Waals surface area contributed by atoms with Crippen LogP contribution < -0.4 is 5.32 Å². The van der Waals surface area contributed by atoms with Crippen molar-refractivity contribution in [3.63, 3.8) is 0 Å². The smallest absolute Gasteiger partial charge is 0.265 e. The van der Waals surface area contributed by atoms with Crippen LogP contribution in [0.5, 0.6) is 0 Å². The molecule has 8 heteroatoms. The topological polar surface area (TPSA) is 62.3 Å². The molecule has 0 bridgehead atoms. The quantitative estimate of drug-likeness (QED) is 0.442. The minimum absolute atomic E-state index is 0.220. The molecule has 2 amide bonds. The number of anilines is 1. The molecule has 4 aromatic rings. The summed E-state index contributed by atoms with van der Waals surface area (Å²) in [4.78, 5) is 32.2. The van der Waals surface area contributed by atoms with Gasteiger partial charge in [-0.2, -0.15) is 0 Å². The Balaban J connectivity index is 1.56. The molecule has 146 valence electrons. The van der Waals surface area contributed by atoms with E-state index in [4.69, 9.17) is 11.6 Å². The van der Waals surface area contributed by atoms with Crippen molar-refractivity contribution in [2.45, 2.75) is 6.54 Å². The number of para-hydroxylation sites is 1. The van der Waals surface area contributed by atoms with Gasteiger partial charge in [0.05, 0.1) is 32.9 Å². The Morgan fingerprint density at radius 3 is 2.72 bits per heavy atom. The van der Waals surface area contributed by atoms with Crippen LogP contribution in [0.1, 0.15) is 25.0 Å². The lowest BCUT2D eigenvalue weighted by Gasteiger charge is -2.18. The van der Waals surface area contributed by atoms with Gasteiger partial charge in [-0.05, 0) is 41.8 Å². The summed E-state index contributed by atoms with van der Waals surface area (Å²) < 4.78 is 1.08. The van der Waals surface area contributed by atoms with E-state index in [0.717, 1.165) is 15.2 Å². The molecular weight excluding hydrogens is 426 g/mol. The molecule has 0 aliphatic heterocycles. The number of thiazole rings is 1. The molecule has 0 saturated heterocycles. The summed E-state index contributed by atoms with van der Waals surface area (Å²) in [6, 6.07) is 16.3. The van der Waals surface area contributed by atoms with Crippen molar-refractivity contribution in [1.82, 2.24) is 9.88 Å². The van der Waals surface area contributed by atoms with Crippen molar-refractivity contribution >= 4 is 62.0 Å². The van der Waals surface area contributed by atoms with Crippen molar-refractivity contribution in [2.75, 3.05) is 12.4 Å². The van der Waals surface area contributed by atoms with Crippen LogP contribution in [0.25, 0.3) is 10.2 Å². The average molecular weight is 442 g/mol. The maximum absolute atomic E-state index is 13.1. The van der Waals surface area contributed by atoms with E-state index in [9.17, 15) is 9.59 Å². The summed E-state index contributed by atoms with van der Waals surface area (Å²) in [6.07, 6.45) is 0. The van der Waals surface area contributed by atoms with Gasteiger partial charge in [0.1, 0.15) is 5.01 Å². The number of benzene rings is 2. The summed E-state index contributed by atoms with van der Waals surface area (Å²) >= 11 is 8.99. The molecular formula is C21H16ClN3O2S2. The molecule has 2 aromatic carbocycles. The molecule has 2 heterocycles. The van der Waals surface area contributed by atoms with Gasteiger partial charge in [0.15, 0.2) is 0 Å². The summed E-state index contributed by atoms with van der Waals surface area (Å²) in [5.74, 6) is -0.493. The number of carbonyl (C=O) groups excluding carboxylic acids is 2. The third-order valence-electron chi connectivity index (χ3n) is 4.26. The first-order valence-electron chi connectivity index (χ1n) is 8.75. The minimum Gasteiger partial charge on any atom is -0.335 e. The van der Waals surface area contributed by atoms with Gasteiger partial charge in [-0.1, -0.05) is 29.8 Å². The van der Waals surface area contributed by atoms with Gasteiger partial charge >= 0.3 is 0 Å². The number of carbonyl (C=O) groups is 2. The zero-order valence-electron chi connectivity index (χ0n) is 15.4. The molecule has 0 unspecified atom stereocenters. The second-order valence-corrected chi connectivity index (χ2v) is 8.86. The number of nitrogens with zero attached hydrogens (tertiary/aromatic N) is 2. The highest BCUT2D eigenvalue weighted by atomic mass is 35.5. The number of thiophene rings is 1. The summed E-state index contributed by atoms with van der Waals surface area (Å²) in [5.41, 5.74) is 1.68. The lowest BCUT2D eigenvalue weighted by Crippen LogP contribution is -2.27. The predicted molar refractivity (Wildman–Crippen MR) is 119 cm³/mol. The van der Waals surface area contributed by atoms with Gasteiger partial charge in [0.25, 0.3) is 11.8 Å². The van der Waals surface area contributed by atoms with Crippen molar-refractivity contribution in [1.29, 1.82) is 0 Å². The molecule has 0 aliphatic rings. The molecule has 2 aromatic heterocycles. The van der Waals surface area contributed by atoms with Crippen molar-refractivity contribution in [3.8, 4) is 0 Å². The summed E-state index contributed by atoms with van der Waals surface area (Å²) in [6.45, 7) is 0.374. The maximum Gasteiger partial charge on any atom is 0.265 e. The van der Waals surface area contributed by atoms with Crippen LogP contribution in [-0.2, 0) is 6.54 Å². The van der Waals surface area contributed by atoms with Crippen molar-refractivity contribution in [3.05, 3.63) is 80.4 Å². The Morgan fingerprint density at radius 2 is 1.97 bits per heavy atom. The van der Waals surface area contributed by atoms with E-state index < -0.39 is 0 Å². The SMILES string of the molecule is CN(Cc1nc2ccccc2s1)C(=O)c1ccc(Cl)cc1NC(=O)c1cccs1. The van der Waals surface area contributed by atoms with Gasteiger partial charge in [-0.25, -0.2) is 4.98 Å². The molecule has 0 atom stereocenters. The normalized spacial score (nSPS) is 10.8. The summed E-state index contributed by atoms with van der Waals surface area (Å²) in [5, 5.41) is 5.91. The van der Waals surface area contributed by atoms with E-state index in [1.54, 1.807) is 53.6 Å². The number of hydrogen-bond donors (Lipinski definition) is 1. The second kappa shape index (κ2) is 8.32. The fourth-order valence-electron chi connectivity index (χ4n) is 2.87. The molecule has 29 heavy (non-hydrogen) atoms. The first kappa shape index (κ1) is 19.6. The molecule has 1 N–H and O–H groups in total. The van der Waals surface area contributed by atoms with E-state index >= 15 is 0 Å². The van der Waals surface area contributed by atoms with Gasteiger partial charge in [0, 0.05) is 12.1 Å². The monoisotopic (exact) mass is 441 g/mol. The highest BCUT2D eigenvalue weighted by molar-refractivity contribution is 7.18. The van der Waals surface area contributed by atoms with Gasteiger partial charge in [-0.15, -0.1) is 22.7 Å². The van der Waals surface area contributed by atoms with E-state index in [2.05, 4.69) is 10.3 Å². The van der Waals surface area contributed by atoms with E-state index in [-0.39, 0.29) is 11.8 Å². The number of hydrogen-bond acceptors (Lipinski definition) is 5. The van der Waals surface area contributed by atoms with Crippen LogP contribution in [0, 0.1) is 0 Å². The highest BCUT2D eigenvalue weighted by Gasteiger charge is 2.20. The first-order valence-corrected chi connectivity index (χ1v) is 10.8. The molecule has 4 rings (SSSR count). The standard InChI is InChI=1S/C21H16ClN3O2S2/c1-25(12-19-23-15-5-2-3-6-17(15)29-19)21(27)14-9-8-13(22)11-16(14)24-20(26)18-7-4-10-28-18/h2-11H,12H2,1H3,(H,24,26). The number of rotatable bonds is 5. The molecule has 0 aliphatic carbocycles.